The Hall–Kier alpha value is -2.49. The Kier molecular flexibility index (Phi) is 4.98. The molecule has 1 aromatic heterocycles. The van der Waals surface area contributed by atoms with Crippen molar-refractivity contribution in [3.63, 3.8) is 0 Å². The van der Waals surface area contributed by atoms with Crippen LogP contribution in [0.25, 0.3) is 0 Å². The molecule has 0 radical (unpaired) electrons. The molecule has 1 aliphatic rings. The normalized spacial score (nSPS) is 22.7. The number of esters is 1. The van der Waals surface area contributed by atoms with Gasteiger partial charge in [0, 0.05) is 11.4 Å². The first-order valence-corrected chi connectivity index (χ1v) is 7.78. The van der Waals surface area contributed by atoms with E-state index in [-0.39, 0.29) is 19.0 Å². The van der Waals surface area contributed by atoms with Crippen molar-refractivity contribution in [3.05, 3.63) is 51.7 Å². The SMILES string of the molecule is Nc1ncn([C@H]2C[C@@H](O)[C@@H](COC(=O)c3ccc(Cl)cc3)O2)c(=O)n1. The molecule has 1 aromatic carbocycles. The van der Waals surface area contributed by atoms with Crippen molar-refractivity contribution in [2.24, 2.45) is 0 Å². The second-order valence-corrected chi connectivity index (χ2v) is 5.88. The first-order chi connectivity index (χ1) is 11.9. The van der Waals surface area contributed by atoms with Gasteiger partial charge in [-0.15, -0.1) is 0 Å². The second-order valence-electron chi connectivity index (χ2n) is 5.44. The van der Waals surface area contributed by atoms with Crippen LogP contribution >= 0.6 is 11.6 Å². The number of hydrogen-bond donors (Lipinski definition) is 2. The number of carbonyl (C=O) groups excluding carboxylic acids is 1. The van der Waals surface area contributed by atoms with E-state index in [2.05, 4.69) is 9.97 Å². The van der Waals surface area contributed by atoms with Crippen LogP contribution in [0.3, 0.4) is 0 Å². The van der Waals surface area contributed by atoms with E-state index in [0.717, 1.165) is 4.57 Å². The van der Waals surface area contributed by atoms with Gasteiger partial charge in [0.25, 0.3) is 0 Å². The summed E-state index contributed by atoms with van der Waals surface area (Å²) in [5.74, 6) is -0.711. The van der Waals surface area contributed by atoms with Gasteiger partial charge in [0.05, 0.1) is 11.7 Å². The largest absolute Gasteiger partial charge is 0.459 e. The van der Waals surface area contributed by atoms with Gasteiger partial charge in [0.2, 0.25) is 5.95 Å². The molecule has 1 fully saturated rings. The van der Waals surface area contributed by atoms with E-state index in [0.29, 0.717) is 10.6 Å². The van der Waals surface area contributed by atoms with E-state index in [9.17, 15) is 14.7 Å². The van der Waals surface area contributed by atoms with Crippen LogP contribution in [0.15, 0.2) is 35.4 Å². The van der Waals surface area contributed by atoms with Gasteiger partial charge in [0.1, 0.15) is 25.3 Å². The van der Waals surface area contributed by atoms with E-state index >= 15 is 0 Å². The molecule has 25 heavy (non-hydrogen) atoms. The maximum absolute atomic E-state index is 12.0. The molecule has 2 heterocycles. The van der Waals surface area contributed by atoms with Crippen molar-refractivity contribution in [2.45, 2.75) is 24.9 Å². The zero-order chi connectivity index (χ0) is 18.0. The Morgan fingerprint density at radius 2 is 2.16 bits per heavy atom. The standard InChI is InChI=1S/C15H15ClN4O5/c16-9-3-1-8(2-4-9)13(22)24-6-11-10(21)5-12(25-11)20-7-18-14(17)19-15(20)23/h1-4,7,10-12,21H,5-6H2,(H2,17,19,23)/t10-,11-,12-/m1/s1. The third-order valence-electron chi connectivity index (χ3n) is 3.72. The number of nitrogens with zero attached hydrogens (tertiary/aromatic N) is 3. The summed E-state index contributed by atoms with van der Waals surface area (Å²) < 4.78 is 11.9. The number of aliphatic hydroxyl groups excluding tert-OH is 1. The van der Waals surface area contributed by atoms with Gasteiger partial charge in [-0.25, -0.2) is 14.6 Å². The molecule has 0 amide bonds. The fourth-order valence-corrected chi connectivity index (χ4v) is 2.54. The van der Waals surface area contributed by atoms with Crippen LogP contribution in [0, 0.1) is 0 Å². The number of carbonyl (C=O) groups is 1. The van der Waals surface area contributed by atoms with Crippen LogP contribution in [0.4, 0.5) is 5.95 Å². The second kappa shape index (κ2) is 7.18. The molecular formula is C15H15ClN4O5. The van der Waals surface area contributed by atoms with Crippen molar-refractivity contribution in [3.8, 4) is 0 Å². The molecule has 1 saturated heterocycles. The quantitative estimate of drug-likeness (QED) is 0.743. The Morgan fingerprint density at radius 1 is 1.44 bits per heavy atom. The van der Waals surface area contributed by atoms with E-state index in [1.54, 1.807) is 12.1 Å². The van der Waals surface area contributed by atoms with Gasteiger partial charge < -0.3 is 20.3 Å². The van der Waals surface area contributed by atoms with Gasteiger partial charge >= 0.3 is 11.7 Å². The first kappa shape index (κ1) is 17.3. The summed E-state index contributed by atoms with van der Waals surface area (Å²) in [5.41, 5.74) is 5.03. The molecule has 0 bridgehead atoms. The third kappa shape index (κ3) is 3.95. The summed E-state index contributed by atoms with van der Waals surface area (Å²) in [6.07, 6.45) is -1.11. The number of hydrogen-bond acceptors (Lipinski definition) is 8. The lowest BCUT2D eigenvalue weighted by molar-refractivity contribution is -0.0534. The Balaban J connectivity index is 1.61. The van der Waals surface area contributed by atoms with Crippen LogP contribution in [0.1, 0.15) is 23.0 Å². The van der Waals surface area contributed by atoms with E-state index in [1.165, 1.54) is 18.5 Å². The van der Waals surface area contributed by atoms with Gasteiger partial charge in [-0.2, -0.15) is 4.98 Å². The highest BCUT2D eigenvalue weighted by Gasteiger charge is 2.36. The molecule has 3 atom stereocenters. The highest BCUT2D eigenvalue weighted by molar-refractivity contribution is 6.30. The van der Waals surface area contributed by atoms with Crippen LogP contribution in [-0.2, 0) is 9.47 Å². The third-order valence-corrected chi connectivity index (χ3v) is 3.97. The fourth-order valence-electron chi connectivity index (χ4n) is 2.42. The topological polar surface area (TPSA) is 130 Å². The highest BCUT2D eigenvalue weighted by Crippen LogP contribution is 2.27. The van der Waals surface area contributed by atoms with Gasteiger partial charge in [-0.3, -0.25) is 4.57 Å². The number of ether oxygens (including phenoxy) is 2. The molecule has 0 aliphatic carbocycles. The zero-order valence-corrected chi connectivity index (χ0v) is 13.7. The van der Waals surface area contributed by atoms with Gasteiger partial charge in [-0.05, 0) is 24.3 Å². The fraction of sp³-hybridized carbons (Fsp3) is 0.333. The minimum atomic E-state index is -0.910. The molecule has 10 heteroatoms. The molecule has 1 aliphatic heterocycles. The predicted molar refractivity (Wildman–Crippen MR) is 87.0 cm³/mol. The average Bonchev–Trinajstić information content (AvgIpc) is 2.94. The molecule has 9 nitrogen and oxygen atoms in total. The van der Waals surface area contributed by atoms with Crippen LogP contribution in [-0.4, -0.2) is 44.4 Å². The Bertz CT molecular complexity index is 825. The van der Waals surface area contributed by atoms with Gasteiger partial charge in [-0.1, -0.05) is 11.6 Å². The minimum Gasteiger partial charge on any atom is -0.459 e. The van der Waals surface area contributed by atoms with E-state index in [4.69, 9.17) is 26.8 Å². The maximum atomic E-state index is 12.0. The Labute approximate surface area is 147 Å². The van der Waals surface area contributed by atoms with Crippen molar-refractivity contribution in [1.29, 1.82) is 0 Å². The van der Waals surface area contributed by atoms with Crippen molar-refractivity contribution >= 4 is 23.5 Å². The summed E-state index contributed by atoms with van der Waals surface area (Å²) in [5, 5.41) is 10.6. The number of rotatable bonds is 4. The molecule has 0 spiro atoms. The van der Waals surface area contributed by atoms with Crippen LogP contribution in [0.5, 0.6) is 0 Å². The van der Waals surface area contributed by atoms with Crippen molar-refractivity contribution in [1.82, 2.24) is 14.5 Å². The number of benzene rings is 1. The lowest BCUT2D eigenvalue weighted by Gasteiger charge is -2.15. The number of halogens is 1. The zero-order valence-electron chi connectivity index (χ0n) is 12.9. The summed E-state index contributed by atoms with van der Waals surface area (Å²) in [6.45, 7) is -0.163. The highest BCUT2D eigenvalue weighted by atomic mass is 35.5. The summed E-state index contributed by atoms with van der Waals surface area (Å²) >= 11 is 5.76. The molecular weight excluding hydrogens is 352 g/mol. The van der Waals surface area contributed by atoms with E-state index in [1.807, 2.05) is 0 Å². The van der Waals surface area contributed by atoms with Gasteiger partial charge in [0.15, 0.2) is 0 Å². The first-order valence-electron chi connectivity index (χ1n) is 7.41. The molecule has 132 valence electrons. The number of nitrogen functional groups attached to an aromatic ring is 1. The molecule has 3 N–H and O–H groups in total. The average molecular weight is 367 g/mol. The smallest absolute Gasteiger partial charge is 0.354 e. The Morgan fingerprint density at radius 3 is 2.84 bits per heavy atom. The molecule has 0 unspecified atom stereocenters. The lowest BCUT2D eigenvalue weighted by atomic mass is 10.2. The minimum absolute atomic E-state index is 0.135. The van der Waals surface area contributed by atoms with Crippen LogP contribution in [0.2, 0.25) is 5.02 Å². The van der Waals surface area contributed by atoms with Crippen molar-refractivity contribution in [2.75, 3.05) is 12.3 Å². The number of anilines is 1. The van der Waals surface area contributed by atoms with Crippen LogP contribution < -0.4 is 11.4 Å². The van der Waals surface area contributed by atoms with Crippen molar-refractivity contribution < 1.29 is 19.4 Å². The maximum Gasteiger partial charge on any atom is 0.354 e. The van der Waals surface area contributed by atoms with E-state index < -0.39 is 30.1 Å². The monoisotopic (exact) mass is 366 g/mol. The lowest BCUT2D eigenvalue weighted by Crippen LogP contribution is -2.29. The molecule has 3 rings (SSSR count). The number of nitrogens with two attached hydrogens (primary N) is 1. The summed E-state index contributed by atoms with van der Waals surface area (Å²) in [6, 6.07) is 6.21. The number of aliphatic hydroxyl groups is 1. The number of aromatic nitrogens is 3. The summed E-state index contributed by atoms with van der Waals surface area (Å²) in [4.78, 5) is 31.0. The molecule has 0 saturated carbocycles. The summed E-state index contributed by atoms with van der Waals surface area (Å²) in [7, 11) is 0. The predicted octanol–water partition coefficient (Wildman–Crippen LogP) is 0.379. The molecule has 2 aromatic rings.